The lowest BCUT2D eigenvalue weighted by atomic mass is 10.0. The summed E-state index contributed by atoms with van der Waals surface area (Å²) in [6.07, 6.45) is 1.77. The van der Waals surface area contributed by atoms with Crippen molar-refractivity contribution in [3.05, 3.63) is 23.8 Å². The number of aliphatic hydroxyl groups is 1. The Morgan fingerprint density at radius 2 is 2.06 bits per heavy atom. The fourth-order valence-electron chi connectivity index (χ4n) is 1.83. The van der Waals surface area contributed by atoms with Crippen LogP contribution in [0.15, 0.2) is 18.2 Å². The molecular formula is C13H22N2O. The number of aryl methyl sites for hydroxylation is 1. The van der Waals surface area contributed by atoms with E-state index in [0.717, 1.165) is 29.8 Å². The molecule has 1 atom stereocenters. The highest BCUT2D eigenvalue weighted by atomic mass is 16.3. The van der Waals surface area contributed by atoms with Crippen molar-refractivity contribution in [3.63, 3.8) is 0 Å². The molecule has 1 aromatic carbocycles. The minimum Gasteiger partial charge on any atom is -0.399 e. The SMILES string of the molecule is CCCC(C)(O)CNc1cc(C)cc(N)c1. The van der Waals surface area contributed by atoms with Crippen LogP contribution in [0.2, 0.25) is 0 Å². The monoisotopic (exact) mass is 222 g/mol. The lowest BCUT2D eigenvalue weighted by Crippen LogP contribution is -2.33. The molecule has 4 N–H and O–H groups in total. The molecule has 0 spiro atoms. The third-order valence-electron chi connectivity index (χ3n) is 2.56. The second kappa shape index (κ2) is 5.21. The van der Waals surface area contributed by atoms with E-state index in [1.807, 2.05) is 32.0 Å². The zero-order valence-electron chi connectivity index (χ0n) is 10.4. The minimum absolute atomic E-state index is 0.545. The summed E-state index contributed by atoms with van der Waals surface area (Å²) >= 11 is 0. The van der Waals surface area contributed by atoms with Crippen molar-refractivity contribution in [1.82, 2.24) is 0 Å². The molecule has 0 aliphatic carbocycles. The van der Waals surface area contributed by atoms with Gasteiger partial charge in [0.15, 0.2) is 0 Å². The molecule has 3 heteroatoms. The maximum Gasteiger partial charge on any atom is 0.0791 e. The number of nitrogen functional groups attached to an aromatic ring is 1. The molecule has 0 heterocycles. The van der Waals surface area contributed by atoms with Gasteiger partial charge in [-0.3, -0.25) is 0 Å². The number of benzene rings is 1. The summed E-state index contributed by atoms with van der Waals surface area (Å²) in [6, 6.07) is 5.84. The summed E-state index contributed by atoms with van der Waals surface area (Å²) in [5.74, 6) is 0. The van der Waals surface area contributed by atoms with E-state index in [-0.39, 0.29) is 0 Å². The molecule has 0 aromatic heterocycles. The fourth-order valence-corrected chi connectivity index (χ4v) is 1.83. The van der Waals surface area contributed by atoms with Gasteiger partial charge in [-0.25, -0.2) is 0 Å². The van der Waals surface area contributed by atoms with E-state index < -0.39 is 5.60 Å². The smallest absolute Gasteiger partial charge is 0.0791 e. The first-order valence-electron chi connectivity index (χ1n) is 5.76. The third-order valence-corrected chi connectivity index (χ3v) is 2.56. The van der Waals surface area contributed by atoms with E-state index in [4.69, 9.17) is 5.73 Å². The molecule has 90 valence electrons. The highest BCUT2D eigenvalue weighted by Crippen LogP contribution is 2.18. The Hall–Kier alpha value is -1.22. The minimum atomic E-state index is -0.659. The molecule has 0 amide bonds. The molecule has 0 radical (unpaired) electrons. The quantitative estimate of drug-likeness (QED) is 0.671. The molecule has 0 bridgehead atoms. The zero-order valence-corrected chi connectivity index (χ0v) is 10.4. The van der Waals surface area contributed by atoms with Crippen LogP contribution < -0.4 is 11.1 Å². The van der Waals surface area contributed by atoms with Crippen LogP contribution in [0.25, 0.3) is 0 Å². The van der Waals surface area contributed by atoms with Crippen molar-refractivity contribution in [1.29, 1.82) is 0 Å². The molecule has 1 unspecified atom stereocenters. The second-order valence-corrected chi connectivity index (χ2v) is 4.73. The largest absolute Gasteiger partial charge is 0.399 e. The molecule has 1 rings (SSSR count). The van der Waals surface area contributed by atoms with Gasteiger partial charge in [0.1, 0.15) is 0 Å². The Kier molecular flexibility index (Phi) is 4.19. The number of nitrogens with two attached hydrogens (primary N) is 1. The van der Waals surface area contributed by atoms with E-state index in [9.17, 15) is 5.11 Å². The van der Waals surface area contributed by atoms with Crippen LogP contribution in [-0.4, -0.2) is 17.3 Å². The van der Waals surface area contributed by atoms with Gasteiger partial charge in [-0.05, 0) is 44.0 Å². The summed E-state index contributed by atoms with van der Waals surface area (Å²) in [5.41, 5.74) is 7.93. The van der Waals surface area contributed by atoms with Gasteiger partial charge in [0, 0.05) is 17.9 Å². The summed E-state index contributed by atoms with van der Waals surface area (Å²) < 4.78 is 0. The molecule has 0 saturated carbocycles. The fraction of sp³-hybridized carbons (Fsp3) is 0.538. The number of anilines is 2. The number of nitrogens with one attached hydrogen (secondary N) is 1. The Bertz CT molecular complexity index is 328. The average Bonchev–Trinajstić information content (AvgIpc) is 2.13. The Labute approximate surface area is 97.7 Å². The van der Waals surface area contributed by atoms with E-state index >= 15 is 0 Å². The second-order valence-electron chi connectivity index (χ2n) is 4.73. The van der Waals surface area contributed by atoms with Crippen LogP contribution in [0.3, 0.4) is 0 Å². The van der Waals surface area contributed by atoms with Crippen molar-refractivity contribution in [2.75, 3.05) is 17.6 Å². The molecule has 0 fully saturated rings. The molecule has 1 aromatic rings. The molecule has 3 nitrogen and oxygen atoms in total. The average molecular weight is 222 g/mol. The standard InChI is InChI=1S/C13H22N2O/c1-4-5-13(3,16)9-15-12-7-10(2)6-11(14)8-12/h6-8,15-16H,4-5,9,14H2,1-3H3. The first-order valence-corrected chi connectivity index (χ1v) is 5.76. The first kappa shape index (κ1) is 12.8. The Morgan fingerprint density at radius 3 is 2.62 bits per heavy atom. The van der Waals surface area contributed by atoms with Crippen molar-refractivity contribution in [2.45, 2.75) is 39.2 Å². The van der Waals surface area contributed by atoms with Gasteiger partial charge in [0.25, 0.3) is 0 Å². The van der Waals surface area contributed by atoms with Crippen LogP contribution in [0, 0.1) is 6.92 Å². The lowest BCUT2D eigenvalue weighted by Gasteiger charge is -2.23. The summed E-state index contributed by atoms with van der Waals surface area (Å²) in [5, 5.41) is 13.2. The molecular weight excluding hydrogens is 200 g/mol. The Morgan fingerprint density at radius 1 is 1.38 bits per heavy atom. The Balaban J connectivity index is 2.60. The van der Waals surface area contributed by atoms with Gasteiger partial charge in [-0.1, -0.05) is 13.3 Å². The summed E-state index contributed by atoms with van der Waals surface area (Å²) in [4.78, 5) is 0. The molecule has 0 aliphatic heterocycles. The van der Waals surface area contributed by atoms with Crippen molar-refractivity contribution in [3.8, 4) is 0 Å². The van der Waals surface area contributed by atoms with Gasteiger partial charge in [-0.15, -0.1) is 0 Å². The normalized spacial score (nSPS) is 14.5. The topological polar surface area (TPSA) is 58.3 Å². The number of rotatable bonds is 5. The van der Waals surface area contributed by atoms with E-state index in [1.165, 1.54) is 0 Å². The lowest BCUT2D eigenvalue weighted by molar-refractivity contribution is 0.0637. The predicted molar refractivity (Wildman–Crippen MR) is 69.6 cm³/mol. The van der Waals surface area contributed by atoms with Gasteiger partial charge in [0.05, 0.1) is 5.60 Å². The third kappa shape index (κ3) is 4.11. The van der Waals surface area contributed by atoms with Crippen molar-refractivity contribution in [2.24, 2.45) is 0 Å². The summed E-state index contributed by atoms with van der Waals surface area (Å²) in [6.45, 7) is 6.47. The molecule has 0 aliphatic rings. The van der Waals surface area contributed by atoms with Crippen LogP contribution >= 0.6 is 0 Å². The summed E-state index contributed by atoms with van der Waals surface area (Å²) in [7, 11) is 0. The maximum atomic E-state index is 10.0. The highest BCUT2D eigenvalue weighted by Gasteiger charge is 2.18. The van der Waals surface area contributed by atoms with Crippen LogP contribution in [0.5, 0.6) is 0 Å². The highest BCUT2D eigenvalue weighted by molar-refractivity contribution is 5.56. The van der Waals surface area contributed by atoms with E-state index in [0.29, 0.717) is 6.54 Å². The maximum absolute atomic E-state index is 10.0. The van der Waals surface area contributed by atoms with Crippen LogP contribution in [-0.2, 0) is 0 Å². The van der Waals surface area contributed by atoms with Crippen molar-refractivity contribution < 1.29 is 5.11 Å². The zero-order chi connectivity index (χ0) is 12.2. The number of hydrogen-bond donors (Lipinski definition) is 3. The van der Waals surface area contributed by atoms with Gasteiger partial charge >= 0.3 is 0 Å². The molecule has 0 saturated heterocycles. The number of hydrogen-bond acceptors (Lipinski definition) is 3. The first-order chi connectivity index (χ1) is 7.43. The van der Waals surface area contributed by atoms with Gasteiger partial charge in [0.2, 0.25) is 0 Å². The van der Waals surface area contributed by atoms with E-state index in [2.05, 4.69) is 12.2 Å². The van der Waals surface area contributed by atoms with Crippen LogP contribution in [0.1, 0.15) is 32.3 Å². The van der Waals surface area contributed by atoms with Gasteiger partial charge < -0.3 is 16.2 Å². The van der Waals surface area contributed by atoms with E-state index in [1.54, 1.807) is 0 Å². The van der Waals surface area contributed by atoms with Gasteiger partial charge in [-0.2, -0.15) is 0 Å². The molecule has 16 heavy (non-hydrogen) atoms. The van der Waals surface area contributed by atoms with Crippen LogP contribution in [0.4, 0.5) is 11.4 Å². The predicted octanol–water partition coefficient (Wildman–Crippen LogP) is 2.54. The van der Waals surface area contributed by atoms with Crippen molar-refractivity contribution >= 4 is 11.4 Å².